The summed E-state index contributed by atoms with van der Waals surface area (Å²) in [5, 5.41) is 3.28. The van der Waals surface area contributed by atoms with E-state index in [1.54, 1.807) is 13.2 Å². The van der Waals surface area contributed by atoms with Crippen LogP contribution in [0.1, 0.15) is 53.9 Å². The summed E-state index contributed by atoms with van der Waals surface area (Å²) in [6, 6.07) is 13.0. The van der Waals surface area contributed by atoms with Crippen LogP contribution in [-0.2, 0) is 9.53 Å². The number of anilines is 1. The van der Waals surface area contributed by atoms with Crippen molar-refractivity contribution >= 4 is 34.3 Å². The van der Waals surface area contributed by atoms with Gasteiger partial charge in [0.15, 0.2) is 11.5 Å². The van der Waals surface area contributed by atoms with Gasteiger partial charge in [-0.2, -0.15) is 0 Å². The molecule has 0 atom stereocenters. The average molecular weight is 538 g/mol. The van der Waals surface area contributed by atoms with Gasteiger partial charge in [-0.3, -0.25) is 4.79 Å². The molecule has 2 aromatic carbocycles. The van der Waals surface area contributed by atoms with Crippen molar-refractivity contribution in [3.8, 4) is 28.4 Å². The van der Waals surface area contributed by atoms with Gasteiger partial charge in [0.25, 0.3) is 0 Å². The lowest BCUT2D eigenvalue weighted by Gasteiger charge is -2.11. The van der Waals surface area contributed by atoms with E-state index in [0.29, 0.717) is 35.3 Å². The molecule has 8 heteroatoms. The number of unbranched alkanes of at least 4 members (excludes halogenated alkanes) is 2. The number of thiophene rings is 1. The van der Waals surface area contributed by atoms with Crippen LogP contribution in [0.2, 0.25) is 0 Å². The number of ether oxygens (including phenoxy) is 4. The van der Waals surface area contributed by atoms with Crippen LogP contribution in [0.15, 0.2) is 48.5 Å². The topological polar surface area (TPSA) is 83.1 Å². The first kappa shape index (κ1) is 28.8. The fraction of sp³-hybridized carbons (Fsp3) is 0.333. The Bertz CT molecular complexity index is 1260. The number of aryl methyl sites for hydroxylation is 1. The summed E-state index contributed by atoms with van der Waals surface area (Å²) in [7, 11) is 2.91. The number of carbonyl (C=O) groups excluding carboxylic acids is 2. The quantitative estimate of drug-likeness (QED) is 0.142. The lowest BCUT2D eigenvalue weighted by molar-refractivity contribution is -0.111. The molecule has 7 nitrogen and oxygen atoms in total. The molecule has 0 fully saturated rings. The smallest absolute Gasteiger partial charge is 0.341 e. The number of rotatable bonds is 13. The first-order valence-electron chi connectivity index (χ1n) is 12.7. The van der Waals surface area contributed by atoms with E-state index in [4.69, 9.17) is 18.9 Å². The molecule has 0 aliphatic rings. The molecule has 202 valence electrons. The molecule has 38 heavy (non-hydrogen) atoms. The van der Waals surface area contributed by atoms with Crippen LogP contribution in [0, 0.1) is 6.92 Å². The second-order valence-corrected chi connectivity index (χ2v) is 9.70. The molecule has 0 aliphatic carbocycles. The highest BCUT2D eigenvalue weighted by Crippen LogP contribution is 2.41. The van der Waals surface area contributed by atoms with Crippen LogP contribution in [-0.4, -0.2) is 39.3 Å². The minimum atomic E-state index is -0.517. The number of amides is 1. The van der Waals surface area contributed by atoms with Crippen molar-refractivity contribution in [2.45, 2.75) is 40.0 Å². The molecule has 1 heterocycles. The molecule has 0 radical (unpaired) electrons. The van der Waals surface area contributed by atoms with Crippen LogP contribution >= 0.6 is 11.3 Å². The van der Waals surface area contributed by atoms with Gasteiger partial charge in [0.1, 0.15) is 16.3 Å². The van der Waals surface area contributed by atoms with E-state index in [1.165, 1.54) is 24.5 Å². The number of carbonyl (C=O) groups is 2. The predicted octanol–water partition coefficient (Wildman–Crippen LogP) is 7.14. The maximum atomic E-state index is 12.8. The zero-order valence-corrected chi connectivity index (χ0v) is 23.4. The number of methoxy groups -OCH3 is 2. The molecule has 0 saturated carbocycles. The van der Waals surface area contributed by atoms with Crippen LogP contribution in [0.4, 0.5) is 5.00 Å². The Hall–Kier alpha value is -3.78. The monoisotopic (exact) mass is 537 g/mol. The second-order valence-electron chi connectivity index (χ2n) is 8.47. The van der Waals surface area contributed by atoms with E-state index >= 15 is 0 Å². The zero-order valence-electron chi connectivity index (χ0n) is 22.6. The van der Waals surface area contributed by atoms with Crippen molar-refractivity contribution in [2.75, 3.05) is 32.8 Å². The fourth-order valence-corrected chi connectivity index (χ4v) is 5.00. The lowest BCUT2D eigenvalue weighted by Crippen LogP contribution is -2.11. The first-order valence-corrected chi connectivity index (χ1v) is 13.5. The predicted molar refractivity (Wildman–Crippen MR) is 153 cm³/mol. The fourth-order valence-electron chi connectivity index (χ4n) is 3.93. The van der Waals surface area contributed by atoms with Crippen molar-refractivity contribution in [1.82, 2.24) is 0 Å². The highest BCUT2D eigenvalue weighted by Gasteiger charge is 2.25. The molecular weight excluding hydrogens is 502 g/mol. The van der Waals surface area contributed by atoms with Crippen LogP contribution in [0.3, 0.4) is 0 Å². The van der Waals surface area contributed by atoms with Crippen molar-refractivity contribution in [2.24, 2.45) is 0 Å². The summed E-state index contributed by atoms with van der Waals surface area (Å²) in [6.45, 7) is 7.17. The van der Waals surface area contributed by atoms with E-state index in [1.807, 2.05) is 56.3 Å². The van der Waals surface area contributed by atoms with Gasteiger partial charge < -0.3 is 24.3 Å². The van der Waals surface area contributed by atoms with Gasteiger partial charge in [0, 0.05) is 16.5 Å². The van der Waals surface area contributed by atoms with Gasteiger partial charge in [0.05, 0.1) is 27.4 Å². The SMILES string of the molecule is CCCCCOc1ccc(/C=C/C(=O)Nc2sc(C)c(-c3ccc(OCC)cc3)c2C(=O)OC)cc1OC. The molecule has 1 N–H and O–H groups in total. The van der Waals surface area contributed by atoms with Gasteiger partial charge in [-0.15, -0.1) is 11.3 Å². The molecule has 3 aromatic rings. The third-order valence-corrected chi connectivity index (χ3v) is 6.81. The number of benzene rings is 2. The third kappa shape index (κ3) is 7.38. The highest BCUT2D eigenvalue weighted by atomic mass is 32.1. The van der Waals surface area contributed by atoms with Gasteiger partial charge in [-0.05, 0) is 61.7 Å². The summed E-state index contributed by atoms with van der Waals surface area (Å²) >= 11 is 1.33. The van der Waals surface area contributed by atoms with E-state index in [9.17, 15) is 9.59 Å². The molecule has 0 saturated heterocycles. The van der Waals surface area contributed by atoms with E-state index < -0.39 is 5.97 Å². The van der Waals surface area contributed by atoms with E-state index in [0.717, 1.165) is 46.6 Å². The van der Waals surface area contributed by atoms with Crippen molar-refractivity contribution in [3.05, 3.63) is 64.5 Å². The maximum Gasteiger partial charge on any atom is 0.341 e. The minimum Gasteiger partial charge on any atom is -0.494 e. The van der Waals surface area contributed by atoms with Crippen LogP contribution < -0.4 is 19.5 Å². The zero-order chi connectivity index (χ0) is 27.5. The van der Waals surface area contributed by atoms with Crippen molar-refractivity contribution in [1.29, 1.82) is 0 Å². The Morgan fingerprint density at radius 2 is 1.74 bits per heavy atom. The van der Waals surface area contributed by atoms with Crippen LogP contribution in [0.25, 0.3) is 17.2 Å². The summed E-state index contributed by atoms with van der Waals surface area (Å²) in [6.07, 6.45) is 6.33. The molecule has 0 unspecified atom stereocenters. The second kappa shape index (κ2) is 14.2. The van der Waals surface area contributed by atoms with Crippen molar-refractivity contribution in [3.63, 3.8) is 0 Å². The Labute approximate surface area is 228 Å². The minimum absolute atomic E-state index is 0.326. The summed E-state index contributed by atoms with van der Waals surface area (Å²) in [5.41, 5.74) is 2.67. The number of hydrogen-bond donors (Lipinski definition) is 1. The number of esters is 1. The Balaban J connectivity index is 1.79. The summed E-state index contributed by atoms with van der Waals surface area (Å²) in [5.74, 6) is 1.13. The van der Waals surface area contributed by atoms with Gasteiger partial charge >= 0.3 is 5.97 Å². The molecule has 0 spiro atoms. The standard InChI is InChI=1S/C30H35NO6S/c1-6-8-9-18-37-24-16-10-21(19-25(24)34-4)11-17-26(32)31-29-28(30(33)35-5)27(20(3)38-29)22-12-14-23(15-13-22)36-7-2/h10-17,19H,6-9,18H2,1-5H3,(H,31,32)/b17-11+. The Morgan fingerprint density at radius 3 is 2.39 bits per heavy atom. The van der Waals surface area contributed by atoms with Crippen LogP contribution in [0.5, 0.6) is 17.2 Å². The third-order valence-electron chi connectivity index (χ3n) is 5.78. The molecule has 0 aliphatic heterocycles. The van der Waals surface area contributed by atoms with Gasteiger partial charge in [-0.25, -0.2) is 4.79 Å². The lowest BCUT2D eigenvalue weighted by atomic mass is 10.0. The van der Waals surface area contributed by atoms with E-state index in [2.05, 4.69) is 12.2 Å². The molecule has 3 rings (SSSR count). The molecule has 0 bridgehead atoms. The van der Waals surface area contributed by atoms with Gasteiger partial charge in [-0.1, -0.05) is 38.0 Å². The summed E-state index contributed by atoms with van der Waals surface area (Å²) < 4.78 is 21.9. The normalized spacial score (nSPS) is 10.9. The molecule has 1 amide bonds. The summed E-state index contributed by atoms with van der Waals surface area (Å²) in [4.78, 5) is 26.5. The molecule has 1 aromatic heterocycles. The Morgan fingerprint density at radius 1 is 0.974 bits per heavy atom. The first-order chi connectivity index (χ1) is 18.4. The highest BCUT2D eigenvalue weighted by molar-refractivity contribution is 7.17. The Kier molecular flexibility index (Phi) is 10.8. The number of hydrogen-bond acceptors (Lipinski definition) is 7. The number of nitrogens with one attached hydrogen (secondary N) is 1. The maximum absolute atomic E-state index is 12.8. The van der Waals surface area contributed by atoms with Gasteiger partial charge in [0.2, 0.25) is 5.91 Å². The van der Waals surface area contributed by atoms with Crippen molar-refractivity contribution < 1.29 is 28.5 Å². The van der Waals surface area contributed by atoms with E-state index in [-0.39, 0.29) is 5.91 Å². The largest absolute Gasteiger partial charge is 0.494 e. The average Bonchev–Trinajstić information content (AvgIpc) is 3.25. The molecular formula is C30H35NO6S.